The predicted octanol–water partition coefficient (Wildman–Crippen LogP) is 3.30. The third-order valence-electron chi connectivity index (χ3n) is 3.95. The minimum atomic E-state index is 0.496. The zero-order valence-electron chi connectivity index (χ0n) is 13.3. The number of para-hydroxylation sites is 1. The van der Waals surface area contributed by atoms with E-state index in [1.165, 1.54) is 0 Å². The highest BCUT2D eigenvalue weighted by Gasteiger charge is 2.21. The van der Waals surface area contributed by atoms with E-state index in [4.69, 9.17) is 16.6 Å². The van der Waals surface area contributed by atoms with Crippen LogP contribution in [0.5, 0.6) is 0 Å². The molecule has 0 aliphatic carbocycles. The van der Waals surface area contributed by atoms with Crippen LogP contribution in [0.4, 0.5) is 5.69 Å². The van der Waals surface area contributed by atoms with Gasteiger partial charge in [-0.2, -0.15) is 0 Å². The molecule has 0 saturated carbocycles. The number of benzene rings is 1. The molecule has 5 heteroatoms. The number of aliphatic imine (C=N–C) groups is 1. The Balaban J connectivity index is 2.04. The highest BCUT2D eigenvalue weighted by Crippen LogP contribution is 2.26. The van der Waals surface area contributed by atoms with Gasteiger partial charge in [-0.25, -0.2) is 4.99 Å². The molecule has 2 aliphatic rings. The molecule has 3 rings (SSSR count). The first-order valence-electron chi connectivity index (χ1n) is 7.79. The van der Waals surface area contributed by atoms with Gasteiger partial charge >= 0.3 is 0 Å². The van der Waals surface area contributed by atoms with Crippen molar-refractivity contribution in [3.8, 4) is 0 Å². The normalized spacial score (nSPS) is 18.3. The largest absolute Gasteiger partial charge is 0.354 e. The Bertz CT molecular complexity index is 697. The molecule has 2 heterocycles. The van der Waals surface area contributed by atoms with Gasteiger partial charge in [0.2, 0.25) is 0 Å². The van der Waals surface area contributed by atoms with Crippen molar-refractivity contribution in [3.63, 3.8) is 0 Å². The van der Waals surface area contributed by atoms with Gasteiger partial charge in [0.15, 0.2) is 0 Å². The molecule has 23 heavy (non-hydrogen) atoms. The quantitative estimate of drug-likeness (QED) is 0.818. The highest BCUT2D eigenvalue weighted by atomic mass is 35.5. The van der Waals surface area contributed by atoms with E-state index >= 15 is 0 Å². The number of halogens is 1. The van der Waals surface area contributed by atoms with E-state index in [1.54, 1.807) is 6.08 Å². The Morgan fingerprint density at radius 3 is 2.78 bits per heavy atom. The van der Waals surface area contributed by atoms with Gasteiger partial charge in [-0.1, -0.05) is 30.3 Å². The number of rotatable bonds is 2. The van der Waals surface area contributed by atoms with Crippen molar-refractivity contribution in [2.45, 2.75) is 6.92 Å². The summed E-state index contributed by atoms with van der Waals surface area (Å²) in [5.41, 5.74) is 4.05. The molecule has 0 amide bonds. The van der Waals surface area contributed by atoms with Crippen LogP contribution in [0.15, 0.2) is 64.4 Å². The first-order chi connectivity index (χ1) is 11.1. The van der Waals surface area contributed by atoms with Crippen molar-refractivity contribution in [1.29, 1.82) is 0 Å². The third kappa shape index (κ3) is 3.66. The summed E-state index contributed by atoms with van der Waals surface area (Å²) in [6.45, 7) is 9.60. The van der Waals surface area contributed by atoms with E-state index in [2.05, 4.69) is 40.3 Å². The number of nitrogens with zero attached hydrogens (tertiary/aromatic N) is 2. The molecule has 1 saturated heterocycles. The lowest BCUT2D eigenvalue weighted by molar-refractivity contribution is 0.358. The molecule has 1 aromatic carbocycles. The molecule has 0 radical (unpaired) electrons. The number of hydrogen-bond acceptors (Lipinski definition) is 4. The molecule has 0 aromatic heterocycles. The Morgan fingerprint density at radius 2 is 2.04 bits per heavy atom. The van der Waals surface area contributed by atoms with Gasteiger partial charge in [0.25, 0.3) is 0 Å². The van der Waals surface area contributed by atoms with Crippen LogP contribution in [0.3, 0.4) is 0 Å². The van der Waals surface area contributed by atoms with Gasteiger partial charge in [-0.05, 0) is 31.2 Å². The minimum Gasteiger partial charge on any atom is -0.354 e. The summed E-state index contributed by atoms with van der Waals surface area (Å²) in [5.74, 6) is 1.03. The summed E-state index contributed by atoms with van der Waals surface area (Å²) >= 11 is 5.85. The van der Waals surface area contributed by atoms with Crippen molar-refractivity contribution < 1.29 is 0 Å². The number of hydrogen-bond donors (Lipinski definition) is 2. The molecule has 1 fully saturated rings. The molecule has 0 atom stereocenters. The standard InChI is InChI=1S/C18H21ClN4/c1-13(19)7-8-16-14(2)21-18(23-11-9-20-10-12-23)15-5-3-4-6-17(15)22-16/h3-8,20,22H,1,9-12H2,2H3/b8-7-. The summed E-state index contributed by atoms with van der Waals surface area (Å²) in [6, 6.07) is 8.28. The minimum absolute atomic E-state index is 0.496. The second-order valence-electron chi connectivity index (χ2n) is 5.62. The highest BCUT2D eigenvalue weighted by molar-refractivity contribution is 6.30. The summed E-state index contributed by atoms with van der Waals surface area (Å²) in [4.78, 5) is 7.25. The second kappa shape index (κ2) is 7.02. The molecule has 0 unspecified atom stereocenters. The number of allylic oxidation sites excluding steroid dienone is 4. The number of anilines is 1. The van der Waals surface area contributed by atoms with Crippen LogP contribution < -0.4 is 10.6 Å². The molecular weight excluding hydrogens is 308 g/mol. The lowest BCUT2D eigenvalue weighted by Gasteiger charge is -2.30. The average Bonchev–Trinajstić information content (AvgIpc) is 2.71. The smallest absolute Gasteiger partial charge is 0.138 e. The summed E-state index contributed by atoms with van der Waals surface area (Å²) < 4.78 is 0. The van der Waals surface area contributed by atoms with Crippen LogP contribution in [-0.2, 0) is 0 Å². The van der Waals surface area contributed by atoms with Gasteiger partial charge in [0.05, 0.1) is 11.4 Å². The fourth-order valence-electron chi connectivity index (χ4n) is 2.76. The maximum atomic E-state index is 5.85. The molecular formula is C18H21ClN4. The van der Waals surface area contributed by atoms with E-state index in [0.29, 0.717) is 5.03 Å². The van der Waals surface area contributed by atoms with E-state index in [1.807, 2.05) is 19.1 Å². The van der Waals surface area contributed by atoms with Crippen molar-refractivity contribution in [3.05, 3.63) is 65.0 Å². The summed E-state index contributed by atoms with van der Waals surface area (Å²) in [6.07, 6.45) is 3.70. The molecule has 0 spiro atoms. The lowest BCUT2D eigenvalue weighted by atomic mass is 10.1. The van der Waals surface area contributed by atoms with Crippen molar-refractivity contribution in [2.24, 2.45) is 4.99 Å². The van der Waals surface area contributed by atoms with Gasteiger partial charge in [0, 0.05) is 42.5 Å². The summed E-state index contributed by atoms with van der Waals surface area (Å²) in [7, 11) is 0. The zero-order valence-corrected chi connectivity index (χ0v) is 14.0. The SMILES string of the molecule is C=C(Cl)/C=C\C1=C(C)N=C(N2CCNCC2)c2ccccc2N1. The van der Waals surface area contributed by atoms with Gasteiger partial charge in [0.1, 0.15) is 5.84 Å². The topological polar surface area (TPSA) is 39.7 Å². The van der Waals surface area contributed by atoms with Crippen LogP contribution in [0.2, 0.25) is 0 Å². The van der Waals surface area contributed by atoms with E-state index in [9.17, 15) is 0 Å². The first kappa shape index (κ1) is 15.8. The third-order valence-corrected chi connectivity index (χ3v) is 4.07. The predicted molar refractivity (Wildman–Crippen MR) is 97.9 cm³/mol. The molecule has 4 nitrogen and oxygen atoms in total. The molecule has 2 aliphatic heterocycles. The van der Waals surface area contributed by atoms with Gasteiger partial charge < -0.3 is 15.5 Å². The molecule has 1 aromatic rings. The number of piperazine rings is 1. The van der Waals surface area contributed by atoms with Crippen LogP contribution >= 0.6 is 11.6 Å². The molecule has 0 bridgehead atoms. The number of amidine groups is 1. The molecule has 2 N–H and O–H groups in total. The van der Waals surface area contributed by atoms with E-state index < -0.39 is 0 Å². The van der Waals surface area contributed by atoms with Crippen molar-refractivity contribution >= 4 is 23.1 Å². The maximum absolute atomic E-state index is 5.85. The van der Waals surface area contributed by atoms with Gasteiger partial charge in [-0.15, -0.1) is 0 Å². The number of nitrogens with one attached hydrogen (secondary N) is 2. The Kier molecular flexibility index (Phi) is 4.84. The molecule has 120 valence electrons. The summed E-state index contributed by atoms with van der Waals surface area (Å²) in [5, 5.41) is 7.35. The van der Waals surface area contributed by atoms with Crippen LogP contribution in [0, 0.1) is 0 Å². The van der Waals surface area contributed by atoms with Crippen LogP contribution in [0.25, 0.3) is 0 Å². The number of fused-ring (bicyclic) bond motifs is 1. The average molecular weight is 329 g/mol. The first-order valence-corrected chi connectivity index (χ1v) is 8.17. The maximum Gasteiger partial charge on any atom is 0.138 e. The Labute approximate surface area is 142 Å². The lowest BCUT2D eigenvalue weighted by Crippen LogP contribution is -2.46. The second-order valence-corrected chi connectivity index (χ2v) is 6.11. The monoisotopic (exact) mass is 328 g/mol. The fraction of sp³-hybridized carbons (Fsp3) is 0.278. The van der Waals surface area contributed by atoms with Crippen LogP contribution in [-0.4, -0.2) is 36.9 Å². The van der Waals surface area contributed by atoms with E-state index in [0.717, 1.165) is 54.7 Å². The Hall–Kier alpha value is -2.04. The van der Waals surface area contributed by atoms with Crippen molar-refractivity contribution in [2.75, 3.05) is 31.5 Å². The van der Waals surface area contributed by atoms with E-state index in [-0.39, 0.29) is 0 Å². The van der Waals surface area contributed by atoms with Gasteiger partial charge in [-0.3, -0.25) is 0 Å². The van der Waals surface area contributed by atoms with Crippen LogP contribution in [0.1, 0.15) is 12.5 Å². The van der Waals surface area contributed by atoms with Crippen molar-refractivity contribution in [1.82, 2.24) is 10.2 Å². The Morgan fingerprint density at radius 1 is 1.30 bits per heavy atom. The fourth-order valence-corrected chi connectivity index (χ4v) is 2.82. The zero-order chi connectivity index (χ0) is 16.2.